The van der Waals surface area contributed by atoms with Crippen molar-refractivity contribution >= 4 is 5.82 Å². The third-order valence-electron chi connectivity index (χ3n) is 3.32. The molecule has 20 heavy (non-hydrogen) atoms. The van der Waals surface area contributed by atoms with Crippen molar-refractivity contribution in [2.24, 2.45) is 0 Å². The lowest BCUT2D eigenvalue weighted by molar-refractivity contribution is -0.141. The number of rotatable bonds is 5. The van der Waals surface area contributed by atoms with Crippen molar-refractivity contribution in [2.75, 3.05) is 32.1 Å². The summed E-state index contributed by atoms with van der Waals surface area (Å²) in [4.78, 5) is 0. The number of hydrogen-bond acceptors (Lipinski definition) is 5. The number of nitrogens with zero attached hydrogens (tertiary/aromatic N) is 2. The Balaban J connectivity index is 1.96. The van der Waals surface area contributed by atoms with Crippen LogP contribution in [0.2, 0.25) is 0 Å². The van der Waals surface area contributed by atoms with Crippen LogP contribution in [0, 0.1) is 0 Å². The predicted molar refractivity (Wildman–Crippen MR) is 67.4 cm³/mol. The van der Waals surface area contributed by atoms with E-state index in [-0.39, 0.29) is 5.54 Å². The summed E-state index contributed by atoms with van der Waals surface area (Å²) in [6, 6.07) is 2.20. The van der Waals surface area contributed by atoms with Crippen LogP contribution in [-0.4, -0.2) is 42.5 Å². The minimum absolute atomic E-state index is 0.195. The smallest absolute Gasteiger partial charge is 0.383 e. The van der Waals surface area contributed by atoms with Crippen LogP contribution in [0.25, 0.3) is 0 Å². The molecule has 112 valence electrons. The number of anilines is 1. The fraction of sp³-hybridized carbons (Fsp3) is 0.667. The van der Waals surface area contributed by atoms with Crippen LogP contribution in [0.4, 0.5) is 19.0 Å². The molecular formula is C12H17F3N4O. The van der Waals surface area contributed by atoms with Crippen molar-refractivity contribution in [3.05, 3.63) is 17.8 Å². The van der Waals surface area contributed by atoms with E-state index >= 15 is 0 Å². The zero-order valence-corrected chi connectivity index (χ0v) is 11.1. The highest BCUT2D eigenvalue weighted by Gasteiger charge is 2.34. The SMILES string of the molecule is COCC1(CNc2ccc(C(F)(F)F)nn2)CCCN1. The van der Waals surface area contributed by atoms with Gasteiger partial charge in [0.1, 0.15) is 5.82 Å². The molecule has 1 fully saturated rings. The van der Waals surface area contributed by atoms with E-state index in [1.165, 1.54) is 6.07 Å². The zero-order valence-electron chi connectivity index (χ0n) is 11.1. The molecule has 5 nitrogen and oxygen atoms in total. The Morgan fingerprint density at radius 2 is 2.20 bits per heavy atom. The van der Waals surface area contributed by atoms with Crippen molar-refractivity contribution < 1.29 is 17.9 Å². The molecule has 0 bridgehead atoms. The van der Waals surface area contributed by atoms with E-state index in [9.17, 15) is 13.2 Å². The molecule has 8 heteroatoms. The molecule has 1 unspecified atom stereocenters. The van der Waals surface area contributed by atoms with Crippen LogP contribution >= 0.6 is 0 Å². The molecule has 0 aromatic carbocycles. The lowest BCUT2D eigenvalue weighted by atomic mass is 9.99. The van der Waals surface area contributed by atoms with Gasteiger partial charge in [0.05, 0.1) is 12.1 Å². The molecule has 2 N–H and O–H groups in total. The van der Waals surface area contributed by atoms with Gasteiger partial charge in [-0.1, -0.05) is 0 Å². The molecule has 1 aromatic heterocycles. The van der Waals surface area contributed by atoms with Crippen molar-refractivity contribution in [3.63, 3.8) is 0 Å². The molecule has 1 saturated heterocycles. The van der Waals surface area contributed by atoms with E-state index in [0.29, 0.717) is 19.0 Å². The Morgan fingerprint density at radius 3 is 2.70 bits per heavy atom. The van der Waals surface area contributed by atoms with Crippen LogP contribution in [0.15, 0.2) is 12.1 Å². The van der Waals surface area contributed by atoms with Crippen LogP contribution in [0.5, 0.6) is 0 Å². The van der Waals surface area contributed by atoms with Gasteiger partial charge in [-0.25, -0.2) is 0 Å². The molecule has 1 aromatic rings. The Labute approximate surface area is 114 Å². The van der Waals surface area contributed by atoms with E-state index in [2.05, 4.69) is 20.8 Å². The van der Waals surface area contributed by atoms with E-state index in [0.717, 1.165) is 25.5 Å². The largest absolute Gasteiger partial charge is 0.435 e. The van der Waals surface area contributed by atoms with E-state index in [1.54, 1.807) is 7.11 Å². The minimum Gasteiger partial charge on any atom is -0.383 e. The standard InChI is InChI=1S/C12H17F3N4O/c1-20-8-11(5-2-6-17-11)7-16-10-4-3-9(18-19-10)12(13,14)15/h3-4,17H,2,5-8H2,1H3,(H,16,19). The number of halogens is 3. The first kappa shape index (κ1) is 15.0. The van der Waals surface area contributed by atoms with Gasteiger partial charge in [0.15, 0.2) is 5.69 Å². The maximum Gasteiger partial charge on any atom is 0.435 e. The number of aromatic nitrogens is 2. The van der Waals surface area contributed by atoms with Crippen LogP contribution in [-0.2, 0) is 10.9 Å². The molecule has 2 rings (SSSR count). The van der Waals surface area contributed by atoms with Gasteiger partial charge in [-0.15, -0.1) is 10.2 Å². The summed E-state index contributed by atoms with van der Waals surface area (Å²) < 4.78 is 42.3. The molecule has 0 radical (unpaired) electrons. The Hall–Kier alpha value is -1.41. The number of hydrogen-bond donors (Lipinski definition) is 2. The summed E-state index contributed by atoms with van der Waals surface area (Å²) in [6.45, 7) is 1.97. The average Bonchev–Trinajstić information content (AvgIpc) is 2.85. The Morgan fingerprint density at radius 1 is 1.40 bits per heavy atom. The van der Waals surface area contributed by atoms with E-state index in [4.69, 9.17) is 4.74 Å². The van der Waals surface area contributed by atoms with Gasteiger partial charge in [0.25, 0.3) is 0 Å². The second kappa shape index (κ2) is 5.92. The first-order chi connectivity index (χ1) is 9.45. The molecule has 0 aliphatic carbocycles. The van der Waals surface area contributed by atoms with Gasteiger partial charge in [-0.05, 0) is 31.5 Å². The monoisotopic (exact) mass is 290 g/mol. The summed E-state index contributed by atoms with van der Waals surface area (Å²) in [7, 11) is 1.62. The summed E-state index contributed by atoms with van der Waals surface area (Å²) in [6.07, 6.45) is -2.47. The second-order valence-electron chi connectivity index (χ2n) is 4.90. The third-order valence-corrected chi connectivity index (χ3v) is 3.32. The molecular weight excluding hydrogens is 273 g/mol. The highest BCUT2D eigenvalue weighted by atomic mass is 19.4. The lowest BCUT2D eigenvalue weighted by Crippen LogP contribution is -2.49. The summed E-state index contributed by atoms with van der Waals surface area (Å²) >= 11 is 0. The average molecular weight is 290 g/mol. The molecule has 2 heterocycles. The number of ether oxygens (including phenoxy) is 1. The highest BCUT2D eigenvalue weighted by Crippen LogP contribution is 2.27. The topological polar surface area (TPSA) is 59.1 Å². The van der Waals surface area contributed by atoms with Crippen LogP contribution in [0.1, 0.15) is 18.5 Å². The van der Waals surface area contributed by atoms with E-state index in [1.807, 2.05) is 0 Å². The maximum absolute atomic E-state index is 12.4. The lowest BCUT2D eigenvalue weighted by Gasteiger charge is -2.29. The normalized spacial score (nSPS) is 23.0. The minimum atomic E-state index is -4.46. The summed E-state index contributed by atoms with van der Waals surface area (Å²) in [5, 5.41) is 13.1. The number of alkyl halides is 3. The summed E-state index contributed by atoms with van der Waals surface area (Å²) in [5.41, 5.74) is -1.19. The van der Waals surface area contributed by atoms with Crippen LogP contribution < -0.4 is 10.6 Å². The fourth-order valence-electron chi connectivity index (χ4n) is 2.31. The Bertz CT molecular complexity index is 429. The van der Waals surface area contributed by atoms with Gasteiger partial charge in [-0.3, -0.25) is 0 Å². The van der Waals surface area contributed by atoms with Gasteiger partial charge >= 0.3 is 6.18 Å². The zero-order chi connectivity index (χ0) is 14.6. The van der Waals surface area contributed by atoms with Gasteiger partial charge in [0, 0.05) is 13.7 Å². The van der Waals surface area contributed by atoms with Crippen molar-refractivity contribution in [2.45, 2.75) is 24.6 Å². The van der Waals surface area contributed by atoms with Crippen molar-refractivity contribution in [1.82, 2.24) is 15.5 Å². The molecule has 0 saturated carbocycles. The third kappa shape index (κ3) is 3.57. The quantitative estimate of drug-likeness (QED) is 0.864. The fourth-order valence-corrected chi connectivity index (χ4v) is 2.31. The molecule has 0 amide bonds. The first-order valence-corrected chi connectivity index (χ1v) is 6.34. The molecule has 0 spiro atoms. The van der Waals surface area contributed by atoms with Gasteiger partial charge in [0.2, 0.25) is 0 Å². The predicted octanol–water partition coefficient (Wildman–Crippen LogP) is 1.68. The van der Waals surface area contributed by atoms with Gasteiger partial charge in [-0.2, -0.15) is 13.2 Å². The van der Waals surface area contributed by atoms with Crippen molar-refractivity contribution in [1.29, 1.82) is 0 Å². The first-order valence-electron chi connectivity index (χ1n) is 6.34. The van der Waals surface area contributed by atoms with Gasteiger partial charge < -0.3 is 15.4 Å². The highest BCUT2D eigenvalue weighted by molar-refractivity contribution is 5.34. The van der Waals surface area contributed by atoms with Crippen molar-refractivity contribution in [3.8, 4) is 0 Å². The van der Waals surface area contributed by atoms with Crippen LogP contribution in [0.3, 0.4) is 0 Å². The number of nitrogens with one attached hydrogen (secondary N) is 2. The Kier molecular flexibility index (Phi) is 4.44. The maximum atomic E-state index is 12.4. The number of methoxy groups -OCH3 is 1. The summed E-state index contributed by atoms with van der Waals surface area (Å²) in [5.74, 6) is 0.321. The molecule has 1 aliphatic heterocycles. The molecule has 1 atom stereocenters. The second-order valence-corrected chi connectivity index (χ2v) is 4.90. The molecule has 1 aliphatic rings. The van der Waals surface area contributed by atoms with E-state index < -0.39 is 11.9 Å².